The number of hydrogen-bond acceptors (Lipinski definition) is 4. The number of carbonyl (C=O) groups is 2. The maximum absolute atomic E-state index is 12.7. The van der Waals surface area contributed by atoms with Gasteiger partial charge in [-0.2, -0.15) is 0 Å². The van der Waals surface area contributed by atoms with Crippen LogP contribution in [0.2, 0.25) is 0 Å². The van der Waals surface area contributed by atoms with Crippen LogP contribution in [0.4, 0.5) is 0 Å². The molecule has 1 unspecified atom stereocenters. The van der Waals surface area contributed by atoms with Gasteiger partial charge >= 0.3 is 0 Å². The molecular weight excluding hydrogens is 342 g/mol. The third-order valence-corrected chi connectivity index (χ3v) is 5.46. The van der Waals surface area contributed by atoms with Crippen LogP contribution in [0, 0.1) is 5.92 Å². The second-order valence-corrected chi connectivity index (χ2v) is 7.83. The summed E-state index contributed by atoms with van der Waals surface area (Å²) in [6, 6.07) is 9.39. The highest BCUT2D eigenvalue weighted by molar-refractivity contribution is 5.84. The molecule has 1 atom stereocenters. The molecule has 1 aromatic carbocycles. The molecule has 0 N–H and O–H groups in total. The number of benzene rings is 1. The fourth-order valence-corrected chi connectivity index (χ4v) is 3.73. The standard InChI is InChI=1S/C21H31N3O3/c1-17(2)8-10-24-11-9-19(21(24)26)22-12-14-23(15-13-22)20(25)16-27-18-6-4-3-5-7-18/h3-7,17,19H,8-16H2,1-2H3. The number of piperazine rings is 1. The smallest absolute Gasteiger partial charge is 0.260 e. The van der Waals surface area contributed by atoms with E-state index in [9.17, 15) is 9.59 Å². The zero-order valence-corrected chi connectivity index (χ0v) is 16.5. The second-order valence-electron chi connectivity index (χ2n) is 7.83. The zero-order valence-electron chi connectivity index (χ0n) is 16.5. The SMILES string of the molecule is CC(C)CCN1CCC(N2CCN(C(=O)COc3ccccc3)CC2)C1=O. The molecule has 1 aromatic rings. The minimum absolute atomic E-state index is 0.00465. The summed E-state index contributed by atoms with van der Waals surface area (Å²) in [5.41, 5.74) is 0. The summed E-state index contributed by atoms with van der Waals surface area (Å²) in [5.74, 6) is 1.60. The maximum atomic E-state index is 12.7. The van der Waals surface area contributed by atoms with E-state index in [4.69, 9.17) is 4.74 Å². The van der Waals surface area contributed by atoms with Crippen molar-refractivity contribution < 1.29 is 14.3 Å². The molecule has 0 aliphatic carbocycles. The average Bonchev–Trinajstić information content (AvgIpc) is 3.06. The molecule has 2 aliphatic rings. The summed E-state index contributed by atoms with van der Waals surface area (Å²) in [4.78, 5) is 31.1. The lowest BCUT2D eigenvalue weighted by molar-refractivity contribution is -0.137. The van der Waals surface area contributed by atoms with Crippen LogP contribution in [-0.2, 0) is 9.59 Å². The van der Waals surface area contributed by atoms with Crippen LogP contribution in [0.5, 0.6) is 5.75 Å². The van der Waals surface area contributed by atoms with E-state index in [1.165, 1.54) is 0 Å². The van der Waals surface area contributed by atoms with E-state index in [1.54, 1.807) is 0 Å². The first-order chi connectivity index (χ1) is 13.0. The van der Waals surface area contributed by atoms with Crippen molar-refractivity contribution in [3.8, 4) is 5.75 Å². The highest BCUT2D eigenvalue weighted by Gasteiger charge is 2.37. The Morgan fingerprint density at radius 3 is 2.48 bits per heavy atom. The normalized spacial score (nSPS) is 21.1. The van der Waals surface area contributed by atoms with E-state index < -0.39 is 0 Å². The maximum Gasteiger partial charge on any atom is 0.260 e. The lowest BCUT2D eigenvalue weighted by atomic mass is 10.1. The van der Waals surface area contributed by atoms with Gasteiger partial charge < -0.3 is 14.5 Å². The Morgan fingerprint density at radius 2 is 1.81 bits per heavy atom. The first kappa shape index (κ1) is 19.7. The average molecular weight is 373 g/mol. The molecule has 0 bridgehead atoms. The van der Waals surface area contributed by atoms with Crippen molar-refractivity contribution in [3.63, 3.8) is 0 Å². The number of para-hydroxylation sites is 1. The number of rotatable bonds is 7. The molecule has 0 aromatic heterocycles. The Morgan fingerprint density at radius 1 is 1.11 bits per heavy atom. The van der Waals surface area contributed by atoms with Gasteiger partial charge in [-0.3, -0.25) is 14.5 Å². The first-order valence-corrected chi connectivity index (χ1v) is 10.0. The van der Waals surface area contributed by atoms with Crippen LogP contribution in [0.3, 0.4) is 0 Å². The number of amides is 2. The number of carbonyl (C=O) groups excluding carboxylic acids is 2. The van der Waals surface area contributed by atoms with Gasteiger partial charge in [-0.15, -0.1) is 0 Å². The number of nitrogens with zero attached hydrogens (tertiary/aromatic N) is 3. The van der Waals surface area contributed by atoms with Gasteiger partial charge in [0.05, 0.1) is 6.04 Å². The minimum atomic E-state index is -0.00465. The van der Waals surface area contributed by atoms with Gasteiger partial charge in [-0.1, -0.05) is 32.0 Å². The molecule has 3 rings (SSSR count). The summed E-state index contributed by atoms with van der Waals surface area (Å²) >= 11 is 0. The summed E-state index contributed by atoms with van der Waals surface area (Å²) in [6.45, 7) is 9.00. The molecule has 6 heteroatoms. The number of ether oxygens (including phenoxy) is 1. The Bertz CT molecular complexity index is 627. The monoisotopic (exact) mass is 373 g/mol. The summed E-state index contributed by atoms with van der Waals surface area (Å²) < 4.78 is 5.56. The summed E-state index contributed by atoms with van der Waals surface area (Å²) in [7, 11) is 0. The molecule has 2 heterocycles. The fourth-order valence-electron chi connectivity index (χ4n) is 3.73. The fraction of sp³-hybridized carbons (Fsp3) is 0.619. The Hall–Kier alpha value is -2.08. The Labute approximate surface area is 162 Å². The molecule has 2 aliphatic heterocycles. The van der Waals surface area contributed by atoms with Crippen molar-refractivity contribution in [2.24, 2.45) is 5.92 Å². The molecule has 6 nitrogen and oxygen atoms in total. The van der Waals surface area contributed by atoms with E-state index in [0.717, 1.165) is 39.0 Å². The Balaban J connectivity index is 1.42. The molecule has 2 amide bonds. The minimum Gasteiger partial charge on any atom is -0.484 e. The largest absolute Gasteiger partial charge is 0.484 e. The van der Waals surface area contributed by atoms with Gasteiger partial charge in [-0.25, -0.2) is 0 Å². The van der Waals surface area contributed by atoms with Crippen molar-refractivity contribution in [3.05, 3.63) is 30.3 Å². The topological polar surface area (TPSA) is 53.1 Å². The van der Waals surface area contributed by atoms with Crippen LogP contribution in [0.1, 0.15) is 26.7 Å². The molecule has 0 spiro atoms. The van der Waals surface area contributed by atoms with Crippen LogP contribution < -0.4 is 4.74 Å². The van der Waals surface area contributed by atoms with Gasteiger partial charge in [-0.05, 0) is 30.9 Å². The van der Waals surface area contributed by atoms with Crippen LogP contribution >= 0.6 is 0 Å². The van der Waals surface area contributed by atoms with Crippen LogP contribution in [0.15, 0.2) is 30.3 Å². The van der Waals surface area contributed by atoms with Gasteiger partial charge in [0.1, 0.15) is 5.75 Å². The van der Waals surface area contributed by atoms with E-state index in [0.29, 0.717) is 24.8 Å². The van der Waals surface area contributed by atoms with Crippen molar-refractivity contribution in [1.29, 1.82) is 0 Å². The number of likely N-dealkylation sites (tertiary alicyclic amines) is 1. The third kappa shape index (κ3) is 5.22. The predicted molar refractivity (Wildman–Crippen MR) is 105 cm³/mol. The first-order valence-electron chi connectivity index (χ1n) is 10.0. The van der Waals surface area contributed by atoms with Crippen molar-refractivity contribution in [2.75, 3.05) is 45.9 Å². The van der Waals surface area contributed by atoms with E-state index in [2.05, 4.69) is 18.7 Å². The molecule has 148 valence electrons. The lowest BCUT2D eigenvalue weighted by Crippen LogP contribution is -2.54. The third-order valence-electron chi connectivity index (χ3n) is 5.46. The van der Waals surface area contributed by atoms with Gasteiger partial charge in [0, 0.05) is 39.3 Å². The van der Waals surface area contributed by atoms with Gasteiger partial charge in [0.25, 0.3) is 5.91 Å². The zero-order chi connectivity index (χ0) is 19.2. The highest BCUT2D eigenvalue weighted by atomic mass is 16.5. The summed E-state index contributed by atoms with van der Waals surface area (Å²) in [6.07, 6.45) is 1.96. The van der Waals surface area contributed by atoms with Crippen LogP contribution in [-0.4, -0.2) is 78.4 Å². The van der Waals surface area contributed by atoms with E-state index in [-0.39, 0.29) is 24.5 Å². The predicted octanol–water partition coefficient (Wildman–Crippen LogP) is 1.86. The second kappa shape index (κ2) is 9.22. The van der Waals surface area contributed by atoms with E-state index in [1.807, 2.05) is 40.1 Å². The summed E-state index contributed by atoms with van der Waals surface area (Å²) in [5, 5.41) is 0. The van der Waals surface area contributed by atoms with Crippen molar-refractivity contribution in [1.82, 2.24) is 14.7 Å². The molecular formula is C21H31N3O3. The van der Waals surface area contributed by atoms with Gasteiger partial charge in [0.15, 0.2) is 6.61 Å². The van der Waals surface area contributed by atoms with Crippen molar-refractivity contribution >= 4 is 11.8 Å². The Kier molecular flexibility index (Phi) is 6.72. The van der Waals surface area contributed by atoms with Crippen LogP contribution in [0.25, 0.3) is 0 Å². The molecule has 0 radical (unpaired) electrons. The molecule has 0 saturated carbocycles. The lowest BCUT2D eigenvalue weighted by Gasteiger charge is -2.37. The molecule has 27 heavy (non-hydrogen) atoms. The number of hydrogen-bond donors (Lipinski definition) is 0. The van der Waals surface area contributed by atoms with Crippen molar-refractivity contribution in [2.45, 2.75) is 32.7 Å². The molecule has 2 fully saturated rings. The van der Waals surface area contributed by atoms with E-state index >= 15 is 0 Å². The van der Waals surface area contributed by atoms with Gasteiger partial charge in [0.2, 0.25) is 5.91 Å². The molecule has 2 saturated heterocycles. The quantitative estimate of drug-likeness (QED) is 0.732. The highest BCUT2D eigenvalue weighted by Crippen LogP contribution is 2.20.